The maximum absolute atomic E-state index is 13.0. The highest BCUT2D eigenvalue weighted by Crippen LogP contribution is 2.19. The van der Waals surface area contributed by atoms with Crippen LogP contribution >= 0.6 is 11.3 Å². The lowest BCUT2D eigenvalue weighted by Gasteiger charge is -2.18. The molecule has 0 saturated carbocycles. The van der Waals surface area contributed by atoms with Gasteiger partial charge in [0.2, 0.25) is 5.91 Å². The summed E-state index contributed by atoms with van der Waals surface area (Å²) in [6.07, 6.45) is 2.31. The largest absolute Gasteiger partial charge is 0.361 e. The van der Waals surface area contributed by atoms with Crippen LogP contribution in [0.4, 0.5) is 0 Å². The van der Waals surface area contributed by atoms with Crippen LogP contribution in [0.1, 0.15) is 20.8 Å². The second kappa shape index (κ2) is 8.75. The number of hydrogen-bond acceptors (Lipinski definition) is 3. The van der Waals surface area contributed by atoms with Crippen LogP contribution in [-0.4, -0.2) is 22.8 Å². The third-order valence-electron chi connectivity index (χ3n) is 4.78. The molecule has 0 spiro atoms. The van der Waals surface area contributed by atoms with Gasteiger partial charge in [0.15, 0.2) is 0 Å². The van der Waals surface area contributed by atoms with Crippen molar-refractivity contribution in [3.8, 4) is 0 Å². The number of rotatable bonds is 7. The van der Waals surface area contributed by atoms with Crippen molar-refractivity contribution in [1.29, 1.82) is 0 Å². The zero-order valence-corrected chi connectivity index (χ0v) is 16.5. The van der Waals surface area contributed by atoms with E-state index >= 15 is 0 Å². The lowest BCUT2D eigenvalue weighted by atomic mass is 10.0. The predicted molar refractivity (Wildman–Crippen MR) is 116 cm³/mol. The van der Waals surface area contributed by atoms with Gasteiger partial charge in [-0.2, -0.15) is 0 Å². The van der Waals surface area contributed by atoms with Gasteiger partial charge >= 0.3 is 0 Å². The standard InChI is InChI=1S/C23H21N3O2S/c27-22(25-14-16-7-2-1-3-8-16)20(26-23(28)21-11-6-12-29-21)13-17-15-24-19-10-5-4-9-18(17)19/h1-12,15,20,24H,13-14H2,(H,25,27)(H,26,28). The molecule has 146 valence electrons. The van der Waals surface area contributed by atoms with Crippen molar-refractivity contribution in [2.75, 3.05) is 0 Å². The number of nitrogens with one attached hydrogen (secondary N) is 3. The smallest absolute Gasteiger partial charge is 0.262 e. The average molecular weight is 404 g/mol. The van der Waals surface area contributed by atoms with Gasteiger partial charge in [-0.15, -0.1) is 11.3 Å². The molecule has 4 rings (SSSR count). The molecule has 0 saturated heterocycles. The van der Waals surface area contributed by atoms with E-state index in [0.29, 0.717) is 17.8 Å². The summed E-state index contributed by atoms with van der Waals surface area (Å²) in [5.74, 6) is -0.441. The molecule has 2 amide bonds. The van der Waals surface area contributed by atoms with Gasteiger partial charge < -0.3 is 15.6 Å². The van der Waals surface area contributed by atoms with Gasteiger partial charge in [-0.25, -0.2) is 0 Å². The zero-order valence-electron chi connectivity index (χ0n) is 15.7. The van der Waals surface area contributed by atoms with E-state index in [1.54, 1.807) is 6.07 Å². The highest BCUT2D eigenvalue weighted by molar-refractivity contribution is 7.12. The molecular formula is C23H21N3O2S. The molecule has 2 heterocycles. The number of para-hydroxylation sites is 1. The fourth-order valence-electron chi connectivity index (χ4n) is 3.28. The first kappa shape index (κ1) is 19.0. The number of carbonyl (C=O) groups excluding carboxylic acids is 2. The summed E-state index contributed by atoms with van der Waals surface area (Å²) in [6, 6.07) is 20.6. The average Bonchev–Trinajstić information content (AvgIpc) is 3.43. The Morgan fingerprint density at radius 2 is 1.76 bits per heavy atom. The summed E-state index contributed by atoms with van der Waals surface area (Å²) in [5.41, 5.74) is 3.01. The first-order valence-electron chi connectivity index (χ1n) is 9.42. The Hall–Kier alpha value is -3.38. The Labute approximate surface area is 172 Å². The second-order valence-electron chi connectivity index (χ2n) is 6.77. The summed E-state index contributed by atoms with van der Waals surface area (Å²) in [4.78, 5) is 29.4. The summed E-state index contributed by atoms with van der Waals surface area (Å²) in [6.45, 7) is 0.416. The van der Waals surface area contributed by atoms with Gasteiger partial charge in [-0.3, -0.25) is 9.59 Å². The van der Waals surface area contributed by atoms with E-state index in [9.17, 15) is 9.59 Å². The Morgan fingerprint density at radius 3 is 2.55 bits per heavy atom. The monoisotopic (exact) mass is 403 g/mol. The maximum atomic E-state index is 13.0. The van der Waals surface area contributed by atoms with Gasteiger partial charge in [0.05, 0.1) is 4.88 Å². The van der Waals surface area contributed by atoms with E-state index in [-0.39, 0.29) is 11.8 Å². The maximum Gasteiger partial charge on any atom is 0.262 e. The molecular weight excluding hydrogens is 382 g/mol. The van der Waals surface area contributed by atoms with Crippen LogP contribution in [0.25, 0.3) is 10.9 Å². The number of fused-ring (bicyclic) bond motifs is 1. The van der Waals surface area contributed by atoms with Gasteiger partial charge in [-0.05, 0) is 28.6 Å². The molecule has 1 unspecified atom stereocenters. The highest BCUT2D eigenvalue weighted by atomic mass is 32.1. The van der Waals surface area contributed by atoms with E-state index in [2.05, 4.69) is 15.6 Å². The van der Waals surface area contributed by atoms with E-state index in [1.165, 1.54) is 11.3 Å². The fraction of sp³-hybridized carbons (Fsp3) is 0.130. The number of carbonyl (C=O) groups is 2. The molecule has 0 fully saturated rings. The van der Waals surface area contributed by atoms with Crippen LogP contribution in [0, 0.1) is 0 Å². The van der Waals surface area contributed by atoms with E-state index < -0.39 is 6.04 Å². The molecule has 0 aliphatic carbocycles. The quantitative estimate of drug-likeness (QED) is 0.438. The van der Waals surface area contributed by atoms with Crippen LogP contribution in [0.5, 0.6) is 0 Å². The lowest BCUT2D eigenvalue weighted by Crippen LogP contribution is -2.47. The van der Waals surface area contributed by atoms with E-state index in [0.717, 1.165) is 22.0 Å². The van der Waals surface area contributed by atoms with E-state index in [4.69, 9.17) is 0 Å². The summed E-state index contributed by atoms with van der Waals surface area (Å²) in [7, 11) is 0. The number of thiophene rings is 1. The van der Waals surface area contributed by atoms with Gasteiger partial charge in [0, 0.05) is 30.1 Å². The van der Waals surface area contributed by atoms with Crippen molar-refractivity contribution in [1.82, 2.24) is 15.6 Å². The van der Waals surface area contributed by atoms with Crippen molar-refractivity contribution in [3.63, 3.8) is 0 Å². The predicted octanol–water partition coefficient (Wildman–Crippen LogP) is 3.89. The van der Waals surface area contributed by atoms with E-state index in [1.807, 2.05) is 72.2 Å². The van der Waals surface area contributed by atoms with Crippen LogP contribution in [-0.2, 0) is 17.8 Å². The van der Waals surface area contributed by atoms with Crippen molar-refractivity contribution in [2.24, 2.45) is 0 Å². The molecule has 2 aromatic heterocycles. The first-order valence-corrected chi connectivity index (χ1v) is 10.3. The van der Waals surface area contributed by atoms with Crippen LogP contribution < -0.4 is 10.6 Å². The van der Waals surface area contributed by atoms with Crippen molar-refractivity contribution < 1.29 is 9.59 Å². The number of amides is 2. The minimum atomic E-state index is -0.674. The van der Waals surface area contributed by atoms with Crippen molar-refractivity contribution >= 4 is 34.1 Å². The van der Waals surface area contributed by atoms with Crippen LogP contribution in [0.15, 0.2) is 78.3 Å². The Balaban J connectivity index is 1.52. The van der Waals surface area contributed by atoms with Gasteiger partial charge in [-0.1, -0.05) is 54.6 Å². The minimum Gasteiger partial charge on any atom is -0.361 e. The number of hydrogen-bond donors (Lipinski definition) is 3. The topological polar surface area (TPSA) is 74.0 Å². The third-order valence-corrected chi connectivity index (χ3v) is 5.64. The molecule has 0 radical (unpaired) electrons. The Bertz CT molecular complexity index is 1100. The van der Waals surface area contributed by atoms with Gasteiger partial charge in [0.25, 0.3) is 5.91 Å². The molecule has 0 aliphatic rings. The molecule has 3 N–H and O–H groups in total. The number of aromatic nitrogens is 1. The summed E-state index contributed by atoms with van der Waals surface area (Å²) in [5, 5.41) is 8.75. The minimum absolute atomic E-state index is 0.205. The lowest BCUT2D eigenvalue weighted by molar-refractivity contribution is -0.123. The molecule has 1 atom stereocenters. The molecule has 0 aliphatic heterocycles. The summed E-state index contributed by atoms with van der Waals surface area (Å²) < 4.78 is 0. The highest BCUT2D eigenvalue weighted by Gasteiger charge is 2.23. The molecule has 29 heavy (non-hydrogen) atoms. The number of benzene rings is 2. The fourth-order valence-corrected chi connectivity index (χ4v) is 3.90. The second-order valence-corrected chi connectivity index (χ2v) is 7.72. The number of aromatic amines is 1. The molecule has 5 nitrogen and oxygen atoms in total. The Morgan fingerprint density at radius 1 is 0.966 bits per heavy atom. The van der Waals surface area contributed by atoms with Crippen molar-refractivity contribution in [2.45, 2.75) is 19.0 Å². The molecule has 4 aromatic rings. The van der Waals surface area contributed by atoms with Gasteiger partial charge in [0.1, 0.15) is 6.04 Å². The van der Waals surface area contributed by atoms with Crippen molar-refractivity contribution in [3.05, 3.63) is 94.3 Å². The normalized spacial score (nSPS) is 11.9. The summed E-state index contributed by atoms with van der Waals surface area (Å²) >= 11 is 1.36. The third kappa shape index (κ3) is 4.55. The number of H-pyrrole nitrogens is 1. The SMILES string of the molecule is O=C(NC(Cc1c[nH]c2ccccc12)C(=O)NCc1ccccc1)c1cccs1. The molecule has 6 heteroatoms. The first-order chi connectivity index (χ1) is 14.2. The molecule has 2 aromatic carbocycles. The Kier molecular flexibility index (Phi) is 5.72. The zero-order chi connectivity index (χ0) is 20.1. The molecule has 0 bridgehead atoms. The van der Waals surface area contributed by atoms with Crippen LogP contribution in [0.2, 0.25) is 0 Å². The van der Waals surface area contributed by atoms with Crippen LogP contribution in [0.3, 0.4) is 0 Å².